The van der Waals surface area contributed by atoms with Crippen molar-refractivity contribution in [1.29, 1.82) is 0 Å². The zero-order valence-electron chi connectivity index (χ0n) is 18.7. The number of piperidine rings is 1. The first-order valence-electron chi connectivity index (χ1n) is 11.1. The van der Waals surface area contributed by atoms with E-state index in [-0.39, 0.29) is 56.0 Å². The van der Waals surface area contributed by atoms with Gasteiger partial charge in [-0.2, -0.15) is 13.2 Å². The minimum absolute atomic E-state index is 0.0103. The highest BCUT2D eigenvalue weighted by atomic mass is 19.4. The Morgan fingerprint density at radius 3 is 2.54 bits per heavy atom. The summed E-state index contributed by atoms with van der Waals surface area (Å²) in [5.41, 5.74) is 5.42. The third-order valence-electron chi connectivity index (χ3n) is 6.09. The molecular formula is C23H24F5N5O2. The van der Waals surface area contributed by atoms with E-state index in [9.17, 15) is 31.5 Å². The van der Waals surface area contributed by atoms with Crippen LogP contribution in [0.2, 0.25) is 0 Å². The van der Waals surface area contributed by atoms with Crippen LogP contribution in [0, 0.1) is 0 Å². The average Bonchev–Trinajstić information content (AvgIpc) is 2.80. The maximum Gasteiger partial charge on any atom is 0.433 e. The minimum Gasteiger partial charge on any atom is -0.336 e. The number of nitrogens with zero attached hydrogens (tertiary/aromatic N) is 4. The zero-order valence-corrected chi connectivity index (χ0v) is 18.7. The van der Waals surface area contributed by atoms with Gasteiger partial charge in [0.2, 0.25) is 11.8 Å². The van der Waals surface area contributed by atoms with E-state index in [0.717, 1.165) is 4.90 Å². The molecule has 1 saturated heterocycles. The molecule has 2 amide bonds. The van der Waals surface area contributed by atoms with Crippen LogP contribution in [0.4, 0.5) is 22.0 Å². The van der Waals surface area contributed by atoms with Gasteiger partial charge in [-0.3, -0.25) is 9.59 Å². The van der Waals surface area contributed by atoms with Crippen molar-refractivity contribution in [2.24, 2.45) is 5.73 Å². The number of amides is 2. The summed E-state index contributed by atoms with van der Waals surface area (Å²) in [4.78, 5) is 35.2. The molecule has 0 saturated carbocycles. The third-order valence-corrected chi connectivity index (χ3v) is 6.09. The first-order valence-corrected chi connectivity index (χ1v) is 11.1. The van der Waals surface area contributed by atoms with Gasteiger partial charge in [-0.15, -0.1) is 0 Å². The number of hydrogen-bond donors (Lipinski definition) is 1. The van der Waals surface area contributed by atoms with Gasteiger partial charge in [0, 0.05) is 49.5 Å². The normalized spacial score (nSPS) is 18.9. The number of nitrogens with two attached hydrogens (primary N) is 1. The number of aromatic nitrogens is 2. The number of alkyl halides is 5. The number of fused-ring (bicyclic) bond motifs is 1. The predicted molar refractivity (Wildman–Crippen MR) is 115 cm³/mol. The molecule has 3 heterocycles. The van der Waals surface area contributed by atoms with E-state index in [1.165, 1.54) is 4.90 Å². The van der Waals surface area contributed by atoms with Gasteiger partial charge in [0.05, 0.1) is 18.8 Å². The summed E-state index contributed by atoms with van der Waals surface area (Å²) in [6.07, 6.45) is -5.82. The number of rotatable bonds is 5. The number of likely N-dealkylation sites (tertiary alicyclic amines) is 1. The molecule has 0 aliphatic carbocycles. The van der Waals surface area contributed by atoms with Gasteiger partial charge in [0.25, 0.3) is 5.92 Å². The Kier molecular flexibility index (Phi) is 6.76. The molecule has 1 aromatic heterocycles. The number of hydrogen-bond acceptors (Lipinski definition) is 5. The summed E-state index contributed by atoms with van der Waals surface area (Å²) < 4.78 is 68.5. The highest BCUT2D eigenvalue weighted by Gasteiger charge is 2.41. The van der Waals surface area contributed by atoms with Crippen molar-refractivity contribution in [2.75, 3.05) is 19.6 Å². The van der Waals surface area contributed by atoms with Crippen LogP contribution in [-0.2, 0) is 28.7 Å². The lowest BCUT2D eigenvalue weighted by Crippen LogP contribution is -2.51. The molecule has 1 fully saturated rings. The fourth-order valence-electron chi connectivity index (χ4n) is 4.36. The van der Waals surface area contributed by atoms with E-state index in [4.69, 9.17) is 5.73 Å². The first-order chi connectivity index (χ1) is 16.4. The standard InChI is InChI=1S/C23H24F5N5O2/c24-22(25)8-6-18(34)33(13-22)11-15(29)10-19(35)32-9-7-16-17(12-32)30-21(14-4-2-1-3-5-14)31-20(16)23(26,27)28/h1-5,15H,6-13,29H2/t15-/m0/s1. The molecule has 4 rings (SSSR count). The Bertz CT molecular complexity index is 1110. The second-order valence-electron chi connectivity index (χ2n) is 8.84. The second-order valence-corrected chi connectivity index (χ2v) is 8.84. The van der Waals surface area contributed by atoms with Crippen LogP contribution >= 0.6 is 0 Å². The summed E-state index contributed by atoms with van der Waals surface area (Å²) in [5, 5.41) is 0. The smallest absolute Gasteiger partial charge is 0.336 e. The Balaban J connectivity index is 1.49. The minimum atomic E-state index is -4.69. The topological polar surface area (TPSA) is 92.4 Å². The van der Waals surface area contributed by atoms with Crippen molar-refractivity contribution in [1.82, 2.24) is 19.8 Å². The summed E-state index contributed by atoms with van der Waals surface area (Å²) in [6, 6.07) is 7.33. The second kappa shape index (κ2) is 9.48. The van der Waals surface area contributed by atoms with Crippen LogP contribution < -0.4 is 5.73 Å². The van der Waals surface area contributed by atoms with Crippen molar-refractivity contribution in [3.05, 3.63) is 47.3 Å². The van der Waals surface area contributed by atoms with Crippen LogP contribution in [0.25, 0.3) is 11.4 Å². The molecule has 2 aliphatic rings. The van der Waals surface area contributed by atoms with Gasteiger partial charge in [-0.1, -0.05) is 30.3 Å². The van der Waals surface area contributed by atoms with Crippen molar-refractivity contribution < 1.29 is 31.5 Å². The molecule has 1 aromatic carbocycles. The molecule has 0 spiro atoms. The Hall–Kier alpha value is -3.15. The average molecular weight is 497 g/mol. The SMILES string of the molecule is N[C@@H](CC(=O)N1CCc2c(nc(-c3ccccc3)nc2C(F)(F)F)C1)CN1CC(F)(F)CCC1=O. The highest BCUT2D eigenvalue weighted by molar-refractivity contribution is 5.78. The molecule has 2 N–H and O–H groups in total. The molecular weight excluding hydrogens is 473 g/mol. The van der Waals surface area contributed by atoms with Gasteiger partial charge >= 0.3 is 6.18 Å². The van der Waals surface area contributed by atoms with Crippen LogP contribution in [0.5, 0.6) is 0 Å². The van der Waals surface area contributed by atoms with Gasteiger partial charge in [-0.25, -0.2) is 18.7 Å². The Labute approximate surface area is 198 Å². The highest BCUT2D eigenvalue weighted by Crippen LogP contribution is 2.35. The molecule has 35 heavy (non-hydrogen) atoms. The van der Waals surface area contributed by atoms with Crippen molar-refractivity contribution in [2.45, 2.75) is 50.4 Å². The van der Waals surface area contributed by atoms with E-state index in [1.54, 1.807) is 30.3 Å². The van der Waals surface area contributed by atoms with Crippen LogP contribution in [0.3, 0.4) is 0 Å². The molecule has 188 valence electrons. The molecule has 7 nitrogen and oxygen atoms in total. The van der Waals surface area contributed by atoms with Crippen LogP contribution in [-0.4, -0.2) is 63.2 Å². The number of halogens is 5. The monoisotopic (exact) mass is 497 g/mol. The lowest BCUT2D eigenvalue weighted by atomic mass is 10.0. The van der Waals surface area contributed by atoms with Crippen LogP contribution in [0.1, 0.15) is 36.2 Å². The molecule has 2 aromatic rings. The molecule has 0 radical (unpaired) electrons. The molecule has 2 aliphatic heterocycles. The van der Waals surface area contributed by atoms with Crippen LogP contribution in [0.15, 0.2) is 30.3 Å². The predicted octanol–water partition coefficient (Wildman–Crippen LogP) is 3.02. The lowest BCUT2D eigenvalue weighted by molar-refractivity contribution is -0.148. The maximum absolute atomic E-state index is 13.7. The van der Waals surface area contributed by atoms with Gasteiger partial charge in [0.1, 0.15) is 0 Å². The van der Waals surface area contributed by atoms with Crippen molar-refractivity contribution >= 4 is 11.8 Å². The summed E-state index contributed by atoms with van der Waals surface area (Å²) in [5.74, 6) is -3.99. The Morgan fingerprint density at radius 2 is 1.86 bits per heavy atom. The molecule has 0 bridgehead atoms. The third kappa shape index (κ3) is 5.75. The number of carbonyl (C=O) groups is 2. The Morgan fingerprint density at radius 1 is 1.14 bits per heavy atom. The van der Waals surface area contributed by atoms with E-state index in [2.05, 4.69) is 9.97 Å². The zero-order chi connectivity index (χ0) is 25.4. The van der Waals surface area contributed by atoms with E-state index in [0.29, 0.717) is 5.56 Å². The first kappa shape index (κ1) is 25.0. The fraction of sp³-hybridized carbons (Fsp3) is 0.478. The van der Waals surface area contributed by atoms with Crippen molar-refractivity contribution in [3.8, 4) is 11.4 Å². The molecule has 0 unspecified atom stereocenters. The van der Waals surface area contributed by atoms with Crippen molar-refractivity contribution in [3.63, 3.8) is 0 Å². The molecule has 1 atom stereocenters. The quantitative estimate of drug-likeness (QED) is 0.642. The fourth-order valence-corrected chi connectivity index (χ4v) is 4.36. The summed E-state index contributed by atoms with van der Waals surface area (Å²) in [7, 11) is 0. The largest absolute Gasteiger partial charge is 0.433 e. The van der Waals surface area contributed by atoms with Gasteiger partial charge in [0.15, 0.2) is 11.5 Å². The number of carbonyl (C=O) groups excluding carboxylic acids is 2. The summed E-state index contributed by atoms with van der Waals surface area (Å²) >= 11 is 0. The van der Waals surface area contributed by atoms with Gasteiger partial charge < -0.3 is 15.5 Å². The van der Waals surface area contributed by atoms with E-state index in [1.807, 2.05) is 0 Å². The lowest BCUT2D eigenvalue weighted by Gasteiger charge is -2.34. The van der Waals surface area contributed by atoms with E-state index < -0.39 is 48.6 Å². The van der Waals surface area contributed by atoms with Gasteiger partial charge in [-0.05, 0) is 6.42 Å². The summed E-state index contributed by atoms with van der Waals surface area (Å²) in [6.45, 7) is -1.10. The number of benzene rings is 1. The molecule has 12 heteroatoms. The van der Waals surface area contributed by atoms with E-state index >= 15 is 0 Å². The maximum atomic E-state index is 13.7.